The Balaban J connectivity index is 2.19. The van der Waals surface area contributed by atoms with E-state index in [9.17, 15) is 14.4 Å². The monoisotopic (exact) mass is 437 g/mol. The maximum absolute atomic E-state index is 14.2. The Morgan fingerprint density at radius 3 is 2.66 bits per heavy atom. The van der Waals surface area contributed by atoms with Crippen molar-refractivity contribution >= 4 is 35.1 Å². The molecule has 0 spiro atoms. The lowest BCUT2D eigenvalue weighted by Gasteiger charge is -2.27. The highest BCUT2D eigenvalue weighted by Gasteiger charge is 2.32. The number of aromatic nitrogens is 1. The van der Waals surface area contributed by atoms with Gasteiger partial charge in [-0.25, -0.2) is 19.2 Å². The van der Waals surface area contributed by atoms with Gasteiger partial charge < -0.3 is 21.5 Å². The SMILES string of the molecule is CC(C)(C)OC(=O)Nc1ccc(F)cc1C1N=C(NC#N)Nc2nc(N)c(C#N)c(N)c21. The van der Waals surface area contributed by atoms with E-state index in [1.807, 2.05) is 6.07 Å². The standard InChI is InChI=1S/C20H20FN9O2/c1-20(2,3)32-19(31)27-12-5-4-9(21)6-10(12)15-13-14(24)11(7-22)16(25)29-17(13)30-18(28-15)26-8-23/h4-6,15H,1-3H3,(H,27,31)(H6,24,25,26,28,29,30). The average molecular weight is 437 g/mol. The van der Waals surface area contributed by atoms with E-state index in [-0.39, 0.29) is 45.7 Å². The predicted molar refractivity (Wildman–Crippen MR) is 116 cm³/mol. The van der Waals surface area contributed by atoms with E-state index in [1.165, 1.54) is 6.07 Å². The molecule has 1 aromatic heterocycles. The second-order valence-electron chi connectivity index (χ2n) is 7.76. The molecule has 11 nitrogen and oxygen atoms in total. The summed E-state index contributed by atoms with van der Waals surface area (Å²) in [5.41, 5.74) is 11.8. The number of halogens is 1. The Kier molecular flexibility index (Phi) is 5.72. The van der Waals surface area contributed by atoms with E-state index >= 15 is 0 Å². The molecule has 7 N–H and O–H groups in total. The number of amides is 1. The number of nitrogens with one attached hydrogen (secondary N) is 3. The van der Waals surface area contributed by atoms with Crippen LogP contribution in [0.3, 0.4) is 0 Å². The first-order valence-electron chi connectivity index (χ1n) is 9.32. The number of aliphatic imine (C=N–C) groups is 1. The summed E-state index contributed by atoms with van der Waals surface area (Å²) in [6.45, 7) is 5.10. The van der Waals surface area contributed by atoms with Crippen molar-refractivity contribution in [2.45, 2.75) is 32.4 Å². The van der Waals surface area contributed by atoms with Gasteiger partial charge in [-0.05, 0) is 39.0 Å². The maximum atomic E-state index is 14.2. The van der Waals surface area contributed by atoms with Crippen molar-refractivity contribution in [3.63, 3.8) is 0 Å². The molecule has 0 fully saturated rings. The van der Waals surface area contributed by atoms with Crippen molar-refractivity contribution < 1.29 is 13.9 Å². The van der Waals surface area contributed by atoms with Crippen LogP contribution >= 0.6 is 0 Å². The molecule has 0 aliphatic carbocycles. The molecule has 0 radical (unpaired) electrons. The summed E-state index contributed by atoms with van der Waals surface area (Å²) < 4.78 is 19.5. The minimum atomic E-state index is -1.04. The van der Waals surface area contributed by atoms with Crippen molar-refractivity contribution in [2.24, 2.45) is 4.99 Å². The summed E-state index contributed by atoms with van der Waals surface area (Å²) in [5, 5.41) is 26.1. The van der Waals surface area contributed by atoms with Crippen LogP contribution in [0.25, 0.3) is 0 Å². The van der Waals surface area contributed by atoms with Crippen LogP contribution in [-0.2, 0) is 4.74 Å². The van der Waals surface area contributed by atoms with E-state index in [0.29, 0.717) is 0 Å². The smallest absolute Gasteiger partial charge is 0.412 e. The number of guanidine groups is 1. The lowest BCUT2D eigenvalue weighted by molar-refractivity contribution is 0.0635. The second-order valence-corrected chi connectivity index (χ2v) is 7.76. The highest BCUT2D eigenvalue weighted by molar-refractivity contribution is 5.99. The molecule has 12 heteroatoms. The largest absolute Gasteiger partial charge is 0.444 e. The fourth-order valence-electron chi connectivity index (χ4n) is 3.09. The lowest BCUT2D eigenvalue weighted by Crippen LogP contribution is -2.33. The topological polar surface area (TPSA) is 187 Å². The number of ether oxygens (including phenoxy) is 1. The molecule has 1 amide bonds. The van der Waals surface area contributed by atoms with Gasteiger partial charge in [-0.1, -0.05) is 0 Å². The van der Waals surface area contributed by atoms with Gasteiger partial charge in [0.15, 0.2) is 6.19 Å². The second kappa shape index (κ2) is 8.28. The number of benzene rings is 1. The molecule has 1 aliphatic rings. The molecule has 0 saturated carbocycles. The Morgan fingerprint density at radius 2 is 2.03 bits per heavy atom. The number of nitrogen functional groups attached to an aromatic ring is 2. The molecule has 0 bridgehead atoms. The minimum absolute atomic E-state index is 0.00603. The molecule has 2 heterocycles. The van der Waals surface area contributed by atoms with E-state index in [2.05, 4.69) is 25.9 Å². The lowest BCUT2D eigenvalue weighted by atomic mass is 9.94. The third-order valence-electron chi connectivity index (χ3n) is 4.30. The molecule has 3 rings (SSSR count). The Labute approximate surface area is 182 Å². The number of nitriles is 2. The van der Waals surface area contributed by atoms with E-state index in [4.69, 9.17) is 21.5 Å². The Bertz CT molecular complexity index is 1210. The highest BCUT2D eigenvalue weighted by atomic mass is 19.1. The highest BCUT2D eigenvalue weighted by Crippen LogP contribution is 2.42. The van der Waals surface area contributed by atoms with Crippen molar-refractivity contribution in [2.75, 3.05) is 22.1 Å². The zero-order valence-corrected chi connectivity index (χ0v) is 17.4. The number of pyridine rings is 1. The summed E-state index contributed by atoms with van der Waals surface area (Å²) >= 11 is 0. The number of nitrogens with two attached hydrogens (primary N) is 2. The van der Waals surface area contributed by atoms with Crippen molar-refractivity contribution in [1.82, 2.24) is 10.3 Å². The van der Waals surface area contributed by atoms with Gasteiger partial charge in [0.2, 0.25) is 5.96 Å². The van der Waals surface area contributed by atoms with Gasteiger partial charge in [0.25, 0.3) is 0 Å². The fourth-order valence-corrected chi connectivity index (χ4v) is 3.09. The van der Waals surface area contributed by atoms with Gasteiger partial charge in [0, 0.05) is 16.8 Å². The summed E-state index contributed by atoms with van der Waals surface area (Å²) in [4.78, 5) is 20.9. The molecule has 1 aliphatic heterocycles. The average Bonchev–Trinajstić information content (AvgIpc) is 2.67. The number of fused-ring (bicyclic) bond motifs is 1. The van der Waals surface area contributed by atoms with Crippen LogP contribution in [0.15, 0.2) is 23.2 Å². The first kappa shape index (κ1) is 22.1. The number of carbonyl (C=O) groups excluding carboxylic acids is 1. The van der Waals surface area contributed by atoms with Crippen LogP contribution in [0, 0.1) is 28.6 Å². The number of hydrogen-bond donors (Lipinski definition) is 5. The van der Waals surface area contributed by atoms with Gasteiger partial charge in [0.05, 0.1) is 5.69 Å². The number of rotatable bonds is 2. The summed E-state index contributed by atoms with van der Waals surface area (Å²) in [6.07, 6.45) is 0.962. The van der Waals surface area contributed by atoms with Crippen LogP contribution in [0.1, 0.15) is 43.5 Å². The maximum Gasteiger partial charge on any atom is 0.412 e. The summed E-state index contributed by atoms with van der Waals surface area (Å²) in [7, 11) is 0. The molecule has 2 aromatic rings. The van der Waals surface area contributed by atoms with Crippen molar-refractivity contribution in [3.8, 4) is 12.3 Å². The van der Waals surface area contributed by atoms with Crippen molar-refractivity contribution in [1.29, 1.82) is 10.5 Å². The molecule has 32 heavy (non-hydrogen) atoms. The third-order valence-corrected chi connectivity index (χ3v) is 4.30. The van der Waals surface area contributed by atoms with Crippen LogP contribution in [-0.4, -0.2) is 22.6 Å². The number of anilines is 4. The van der Waals surface area contributed by atoms with Gasteiger partial charge in [0.1, 0.15) is 40.7 Å². The van der Waals surface area contributed by atoms with Crippen LogP contribution in [0.5, 0.6) is 0 Å². The van der Waals surface area contributed by atoms with Crippen LogP contribution < -0.4 is 27.4 Å². The Morgan fingerprint density at radius 1 is 1.31 bits per heavy atom. The molecule has 1 aromatic carbocycles. The van der Waals surface area contributed by atoms with E-state index in [0.717, 1.165) is 12.1 Å². The first-order chi connectivity index (χ1) is 15.0. The quantitative estimate of drug-likeness (QED) is 0.347. The third kappa shape index (κ3) is 4.44. The van der Waals surface area contributed by atoms with Crippen molar-refractivity contribution in [3.05, 3.63) is 40.7 Å². The van der Waals surface area contributed by atoms with E-state index in [1.54, 1.807) is 27.0 Å². The number of carbonyl (C=O) groups is 1. The minimum Gasteiger partial charge on any atom is -0.444 e. The molecular weight excluding hydrogens is 417 g/mol. The molecule has 1 unspecified atom stereocenters. The molecule has 1 atom stereocenters. The van der Waals surface area contributed by atoms with Crippen LogP contribution in [0.2, 0.25) is 0 Å². The van der Waals surface area contributed by atoms with E-state index < -0.39 is 23.6 Å². The fraction of sp³-hybridized carbons (Fsp3) is 0.250. The zero-order valence-electron chi connectivity index (χ0n) is 17.4. The van der Waals surface area contributed by atoms with Gasteiger partial charge in [-0.3, -0.25) is 10.6 Å². The van der Waals surface area contributed by atoms with Gasteiger partial charge >= 0.3 is 6.09 Å². The zero-order chi connectivity index (χ0) is 23.6. The van der Waals surface area contributed by atoms with Gasteiger partial charge in [-0.15, -0.1) is 0 Å². The normalized spacial score (nSPS) is 14.7. The number of nitrogens with zero attached hydrogens (tertiary/aromatic N) is 4. The van der Waals surface area contributed by atoms with Crippen LogP contribution in [0.4, 0.5) is 32.2 Å². The summed E-state index contributed by atoms with van der Waals surface area (Å²) in [5.74, 6) is -0.612. The first-order valence-corrected chi connectivity index (χ1v) is 9.32. The Hall–Kier alpha value is -4.58. The molecule has 0 saturated heterocycles. The molecule has 164 valence electrons. The number of hydrogen-bond acceptors (Lipinski definition) is 10. The molecular formula is C20H20FN9O2. The van der Waals surface area contributed by atoms with Gasteiger partial charge in [-0.2, -0.15) is 10.5 Å². The summed E-state index contributed by atoms with van der Waals surface area (Å²) in [6, 6.07) is 4.50. The predicted octanol–water partition coefficient (Wildman–Crippen LogP) is 2.55.